The minimum Gasteiger partial charge on any atom is -0.345 e. The predicted octanol–water partition coefficient (Wildman–Crippen LogP) is 5.24. The molecule has 1 heterocycles. The van der Waals surface area contributed by atoms with Crippen LogP contribution in [-0.4, -0.2) is 35.9 Å². The largest absolute Gasteiger partial charge is 0.345 e. The molecule has 7 heteroatoms. The van der Waals surface area contributed by atoms with Gasteiger partial charge in [-0.3, -0.25) is 10.1 Å². The molecular formula is C21H30N4O2S. The standard InChI is InChI=1S/C19H24N4O2S.C2H6/c1-23(2)17(24)14-9-10-15-16(12-14)26-19(21-15)22-18(25)20-11-5-8-13-6-3-4-7-13;1-2/h5,9-13H,3-4,6-8H2,1-2H3,(H2,20,21,22,25);1-2H3/b11-5-;. The molecule has 6 nitrogen and oxygen atoms in total. The van der Waals surface area contributed by atoms with Crippen LogP contribution < -0.4 is 10.6 Å². The fraction of sp³-hybridized carbons (Fsp3) is 0.476. The second kappa shape index (κ2) is 10.8. The number of fused-ring (bicyclic) bond motifs is 1. The van der Waals surface area contributed by atoms with Crippen LogP contribution >= 0.6 is 11.3 Å². The summed E-state index contributed by atoms with van der Waals surface area (Å²) < 4.78 is 0.866. The van der Waals surface area contributed by atoms with E-state index in [0.717, 1.165) is 22.6 Å². The molecule has 3 amide bonds. The van der Waals surface area contributed by atoms with Crippen molar-refractivity contribution in [2.45, 2.75) is 46.0 Å². The summed E-state index contributed by atoms with van der Waals surface area (Å²) in [4.78, 5) is 29.9. The molecular weight excluding hydrogens is 372 g/mol. The fourth-order valence-corrected chi connectivity index (χ4v) is 4.04. The van der Waals surface area contributed by atoms with E-state index in [1.807, 2.05) is 19.9 Å². The molecule has 0 atom stereocenters. The van der Waals surface area contributed by atoms with E-state index < -0.39 is 0 Å². The van der Waals surface area contributed by atoms with Crippen LogP contribution in [0.2, 0.25) is 0 Å². The predicted molar refractivity (Wildman–Crippen MR) is 117 cm³/mol. The summed E-state index contributed by atoms with van der Waals surface area (Å²) in [5, 5.41) is 5.97. The maximum absolute atomic E-state index is 12.0. The highest BCUT2D eigenvalue weighted by molar-refractivity contribution is 7.22. The van der Waals surface area contributed by atoms with E-state index in [4.69, 9.17) is 0 Å². The van der Waals surface area contributed by atoms with Gasteiger partial charge >= 0.3 is 6.03 Å². The van der Waals surface area contributed by atoms with Crippen molar-refractivity contribution in [3.05, 3.63) is 36.0 Å². The molecule has 1 fully saturated rings. The lowest BCUT2D eigenvalue weighted by Crippen LogP contribution is -2.23. The van der Waals surface area contributed by atoms with Crippen LogP contribution in [-0.2, 0) is 0 Å². The molecule has 0 bridgehead atoms. The molecule has 0 saturated heterocycles. The zero-order valence-corrected chi connectivity index (χ0v) is 17.9. The maximum atomic E-state index is 12.0. The Kier molecular flexibility index (Phi) is 8.44. The highest BCUT2D eigenvalue weighted by Gasteiger charge is 2.13. The van der Waals surface area contributed by atoms with Gasteiger partial charge in [-0.2, -0.15) is 0 Å². The Labute approximate surface area is 171 Å². The van der Waals surface area contributed by atoms with Crippen LogP contribution in [0.3, 0.4) is 0 Å². The third kappa shape index (κ3) is 6.05. The van der Waals surface area contributed by atoms with Crippen molar-refractivity contribution in [1.82, 2.24) is 15.2 Å². The number of rotatable bonds is 5. The number of thiazole rings is 1. The van der Waals surface area contributed by atoms with Crippen molar-refractivity contribution < 1.29 is 9.59 Å². The smallest absolute Gasteiger partial charge is 0.324 e. The number of anilines is 1. The first-order valence-electron chi connectivity index (χ1n) is 9.87. The summed E-state index contributed by atoms with van der Waals surface area (Å²) in [6, 6.07) is 5.05. The number of hydrogen-bond acceptors (Lipinski definition) is 4. The Morgan fingerprint density at radius 2 is 1.96 bits per heavy atom. The van der Waals surface area contributed by atoms with E-state index in [0.29, 0.717) is 10.7 Å². The molecule has 28 heavy (non-hydrogen) atoms. The Hall–Kier alpha value is -2.41. The van der Waals surface area contributed by atoms with E-state index in [1.165, 1.54) is 41.9 Å². The Balaban J connectivity index is 0.00000136. The number of nitrogens with zero attached hydrogens (tertiary/aromatic N) is 2. The van der Waals surface area contributed by atoms with Crippen molar-refractivity contribution in [3.8, 4) is 0 Å². The average Bonchev–Trinajstić information content (AvgIpc) is 3.34. The summed E-state index contributed by atoms with van der Waals surface area (Å²) in [5.74, 6) is 0.708. The summed E-state index contributed by atoms with van der Waals surface area (Å²) in [5.41, 5.74) is 1.37. The molecule has 1 aromatic heterocycles. The zero-order valence-electron chi connectivity index (χ0n) is 17.1. The van der Waals surface area contributed by atoms with Crippen LogP contribution in [0, 0.1) is 5.92 Å². The Bertz CT molecular complexity index is 823. The van der Waals surface area contributed by atoms with Crippen LogP contribution in [0.15, 0.2) is 30.5 Å². The number of amides is 3. The minimum absolute atomic E-state index is 0.0556. The lowest BCUT2D eigenvalue weighted by molar-refractivity contribution is 0.0828. The molecule has 0 spiro atoms. The van der Waals surface area contributed by atoms with Crippen LogP contribution in [0.25, 0.3) is 10.2 Å². The molecule has 3 rings (SSSR count). The van der Waals surface area contributed by atoms with E-state index >= 15 is 0 Å². The van der Waals surface area contributed by atoms with E-state index in [2.05, 4.69) is 15.6 Å². The van der Waals surface area contributed by atoms with Crippen LogP contribution in [0.4, 0.5) is 9.93 Å². The average molecular weight is 403 g/mol. The van der Waals surface area contributed by atoms with Gasteiger partial charge in [0.1, 0.15) is 0 Å². The minimum atomic E-state index is -0.309. The monoisotopic (exact) mass is 402 g/mol. The normalized spacial score (nSPS) is 14.0. The number of benzene rings is 1. The number of carbonyl (C=O) groups excluding carboxylic acids is 2. The number of hydrogen-bond donors (Lipinski definition) is 2. The van der Waals surface area contributed by atoms with Gasteiger partial charge in [-0.25, -0.2) is 9.78 Å². The maximum Gasteiger partial charge on any atom is 0.324 e. The van der Waals surface area contributed by atoms with Crippen LogP contribution in [0.5, 0.6) is 0 Å². The number of allylic oxidation sites excluding steroid dienone is 1. The van der Waals surface area contributed by atoms with Crippen molar-refractivity contribution in [2.75, 3.05) is 19.4 Å². The highest BCUT2D eigenvalue weighted by atomic mass is 32.1. The lowest BCUT2D eigenvalue weighted by Gasteiger charge is -2.09. The molecule has 0 unspecified atom stereocenters. The molecule has 0 aliphatic heterocycles. The molecule has 2 N–H and O–H groups in total. The molecule has 152 valence electrons. The first-order valence-corrected chi connectivity index (χ1v) is 10.7. The number of urea groups is 1. The van der Waals surface area contributed by atoms with Gasteiger partial charge in [-0.15, -0.1) is 0 Å². The van der Waals surface area contributed by atoms with Gasteiger partial charge in [0.05, 0.1) is 10.2 Å². The SMILES string of the molecule is CC.CN(C)C(=O)c1ccc2nc(NC(=O)N/C=C\CC3CCCC3)sc2c1. The van der Waals surface area contributed by atoms with Crippen LogP contribution in [0.1, 0.15) is 56.3 Å². The zero-order chi connectivity index (χ0) is 20.5. The Morgan fingerprint density at radius 3 is 2.64 bits per heavy atom. The van der Waals surface area contributed by atoms with Gasteiger partial charge < -0.3 is 10.2 Å². The molecule has 1 saturated carbocycles. The summed E-state index contributed by atoms with van der Waals surface area (Å²) in [6.45, 7) is 4.00. The molecule has 1 aliphatic carbocycles. The second-order valence-corrected chi connectivity index (χ2v) is 7.82. The molecule has 2 aromatic rings. The van der Waals surface area contributed by atoms with E-state index in [9.17, 15) is 9.59 Å². The molecule has 1 aromatic carbocycles. The second-order valence-electron chi connectivity index (χ2n) is 6.79. The highest BCUT2D eigenvalue weighted by Crippen LogP contribution is 2.28. The Morgan fingerprint density at radius 1 is 1.25 bits per heavy atom. The van der Waals surface area contributed by atoms with Crippen molar-refractivity contribution >= 4 is 38.6 Å². The quantitative estimate of drug-likeness (QED) is 0.718. The number of aromatic nitrogens is 1. The van der Waals surface area contributed by atoms with Crippen molar-refractivity contribution in [3.63, 3.8) is 0 Å². The first-order chi connectivity index (χ1) is 13.5. The van der Waals surface area contributed by atoms with Gasteiger partial charge in [-0.1, -0.05) is 56.9 Å². The van der Waals surface area contributed by atoms with Crippen molar-refractivity contribution in [2.24, 2.45) is 5.92 Å². The first kappa shape index (κ1) is 21.9. The summed E-state index contributed by atoms with van der Waals surface area (Å²) in [7, 11) is 3.44. The third-order valence-electron chi connectivity index (χ3n) is 4.54. The molecule has 1 aliphatic rings. The molecule has 0 radical (unpaired) electrons. The van der Waals surface area contributed by atoms with E-state index in [-0.39, 0.29) is 11.9 Å². The van der Waals surface area contributed by atoms with Gasteiger partial charge in [-0.05, 0) is 30.5 Å². The van der Waals surface area contributed by atoms with Gasteiger partial charge in [0.25, 0.3) is 5.91 Å². The number of carbonyl (C=O) groups is 2. The topological polar surface area (TPSA) is 74.3 Å². The van der Waals surface area contributed by atoms with Gasteiger partial charge in [0, 0.05) is 25.9 Å². The third-order valence-corrected chi connectivity index (χ3v) is 5.47. The summed E-state index contributed by atoms with van der Waals surface area (Å²) in [6.07, 6.45) is 9.98. The van der Waals surface area contributed by atoms with Gasteiger partial charge in [0.2, 0.25) is 0 Å². The van der Waals surface area contributed by atoms with E-state index in [1.54, 1.807) is 38.5 Å². The van der Waals surface area contributed by atoms with Crippen molar-refractivity contribution in [1.29, 1.82) is 0 Å². The number of nitrogens with one attached hydrogen (secondary N) is 2. The lowest BCUT2D eigenvalue weighted by atomic mass is 10.0. The fourth-order valence-electron chi connectivity index (χ4n) is 3.14. The van der Waals surface area contributed by atoms with Gasteiger partial charge in [0.15, 0.2) is 5.13 Å². The summed E-state index contributed by atoms with van der Waals surface area (Å²) >= 11 is 1.35.